The first-order chi connectivity index (χ1) is 17.1. The highest BCUT2D eigenvalue weighted by Crippen LogP contribution is 2.31. The molecule has 0 bridgehead atoms. The SMILES string of the molecule is O=C(NC1CCN(CCN2CCCCCC2)CC1)c1cc2c(Oc3cccc(F)c3)cccc2[nH]1. The molecular weight excluding hydrogens is 443 g/mol. The quantitative estimate of drug-likeness (QED) is 0.492. The fourth-order valence-electron chi connectivity index (χ4n) is 5.20. The lowest BCUT2D eigenvalue weighted by Gasteiger charge is -2.33. The molecular formula is C28H35FN4O2. The van der Waals surface area contributed by atoms with Crippen LogP contribution >= 0.6 is 0 Å². The van der Waals surface area contributed by atoms with Crippen molar-refractivity contribution in [2.24, 2.45) is 0 Å². The van der Waals surface area contributed by atoms with Gasteiger partial charge >= 0.3 is 0 Å². The van der Waals surface area contributed by atoms with E-state index in [4.69, 9.17) is 4.74 Å². The summed E-state index contributed by atoms with van der Waals surface area (Å²) in [5, 5.41) is 4.01. The Balaban J connectivity index is 1.14. The first kappa shape index (κ1) is 23.8. The summed E-state index contributed by atoms with van der Waals surface area (Å²) < 4.78 is 19.4. The highest BCUT2D eigenvalue weighted by atomic mass is 19.1. The number of benzene rings is 2. The van der Waals surface area contributed by atoms with E-state index in [1.54, 1.807) is 12.1 Å². The molecule has 35 heavy (non-hydrogen) atoms. The number of piperidine rings is 1. The standard InChI is InChI=1S/C28H35FN4O2/c29-21-7-5-8-23(19-21)35-27-10-6-9-25-24(27)20-26(31-25)28(34)30-22-11-15-33(16-12-22)18-17-32-13-3-1-2-4-14-32/h5-10,19-20,22,31H,1-4,11-18H2,(H,30,34). The van der Waals surface area contributed by atoms with Gasteiger partial charge in [-0.05, 0) is 69.1 Å². The van der Waals surface area contributed by atoms with Crippen LogP contribution < -0.4 is 10.1 Å². The van der Waals surface area contributed by atoms with Gasteiger partial charge in [0, 0.05) is 49.2 Å². The van der Waals surface area contributed by atoms with Crippen molar-refractivity contribution in [3.63, 3.8) is 0 Å². The van der Waals surface area contributed by atoms with E-state index >= 15 is 0 Å². The fraction of sp³-hybridized carbons (Fsp3) is 0.464. The topological polar surface area (TPSA) is 60.6 Å². The van der Waals surface area contributed by atoms with Gasteiger partial charge < -0.3 is 24.8 Å². The molecule has 0 aliphatic carbocycles. The number of aromatic nitrogens is 1. The number of H-pyrrole nitrogens is 1. The second kappa shape index (κ2) is 11.2. The van der Waals surface area contributed by atoms with Crippen molar-refractivity contribution in [1.82, 2.24) is 20.1 Å². The van der Waals surface area contributed by atoms with E-state index in [-0.39, 0.29) is 17.8 Å². The van der Waals surface area contributed by atoms with Crippen LogP contribution in [0, 0.1) is 5.82 Å². The van der Waals surface area contributed by atoms with Gasteiger partial charge in [-0.2, -0.15) is 0 Å². The molecule has 5 rings (SSSR count). The second-order valence-electron chi connectivity index (χ2n) is 9.81. The molecule has 3 heterocycles. The van der Waals surface area contributed by atoms with Gasteiger partial charge in [0.2, 0.25) is 0 Å². The predicted molar refractivity (Wildman–Crippen MR) is 137 cm³/mol. The van der Waals surface area contributed by atoms with Gasteiger partial charge in [0.1, 0.15) is 23.0 Å². The van der Waals surface area contributed by atoms with E-state index < -0.39 is 0 Å². The minimum atomic E-state index is -0.350. The Morgan fingerprint density at radius 2 is 1.66 bits per heavy atom. The van der Waals surface area contributed by atoms with Crippen LogP contribution in [-0.4, -0.2) is 66.0 Å². The van der Waals surface area contributed by atoms with Crippen molar-refractivity contribution in [2.45, 2.75) is 44.6 Å². The lowest BCUT2D eigenvalue weighted by Crippen LogP contribution is -2.46. The summed E-state index contributed by atoms with van der Waals surface area (Å²) in [6.07, 6.45) is 7.36. The van der Waals surface area contributed by atoms with Gasteiger partial charge in [0.05, 0.1) is 0 Å². The molecule has 1 aromatic heterocycles. The Kier molecular flexibility index (Phi) is 7.64. The minimum absolute atomic E-state index is 0.0964. The molecule has 186 valence electrons. The molecule has 0 radical (unpaired) electrons. The number of likely N-dealkylation sites (tertiary alicyclic amines) is 2. The Labute approximate surface area is 206 Å². The van der Waals surface area contributed by atoms with Crippen molar-refractivity contribution >= 4 is 16.8 Å². The molecule has 2 saturated heterocycles. The minimum Gasteiger partial charge on any atom is -0.457 e. The number of halogens is 1. The fourth-order valence-corrected chi connectivity index (χ4v) is 5.20. The normalized spacial score (nSPS) is 18.4. The van der Waals surface area contributed by atoms with Crippen LogP contribution in [0.2, 0.25) is 0 Å². The molecule has 2 N–H and O–H groups in total. The number of carbonyl (C=O) groups is 1. The molecule has 0 unspecified atom stereocenters. The van der Waals surface area contributed by atoms with Crippen molar-refractivity contribution < 1.29 is 13.9 Å². The number of nitrogens with one attached hydrogen (secondary N) is 2. The summed E-state index contributed by atoms with van der Waals surface area (Å²) in [4.78, 5) is 21.3. The Hall–Kier alpha value is -2.90. The van der Waals surface area contributed by atoms with E-state index in [2.05, 4.69) is 20.1 Å². The lowest BCUT2D eigenvalue weighted by atomic mass is 10.0. The summed E-state index contributed by atoms with van der Waals surface area (Å²) in [7, 11) is 0. The number of aromatic amines is 1. The maximum atomic E-state index is 13.5. The molecule has 3 aromatic rings. The third kappa shape index (κ3) is 6.21. The average molecular weight is 479 g/mol. The van der Waals surface area contributed by atoms with Crippen molar-refractivity contribution in [2.75, 3.05) is 39.3 Å². The third-order valence-electron chi connectivity index (χ3n) is 7.25. The van der Waals surface area contributed by atoms with Gasteiger partial charge in [-0.15, -0.1) is 0 Å². The van der Waals surface area contributed by atoms with Crippen molar-refractivity contribution in [3.8, 4) is 11.5 Å². The summed E-state index contributed by atoms with van der Waals surface area (Å²) in [5.41, 5.74) is 1.33. The van der Waals surface area contributed by atoms with Crippen molar-refractivity contribution in [1.29, 1.82) is 0 Å². The monoisotopic (exact) mass is 478 g/mol. The number of nitrogens with zero attached hydrogens (tertiary/aromatic N) is 2. The summed E-state index contributed by atoms with van der Waals surface area (Å²) in [5.74, 6) is 0.561. The molecule has 7 heteroatoms. The lowest BCUT2D eigenvalue weighted by molar-refractivity contribution is 0.0902. The van der Waals surface area contributed by atoms with E-state index in [0.717, 1.165) is 49.9 Å². The van der Waals surface area contributed by atoms with Crippen LogP contribution in [0.1, 0.15) is 49.0 Å². The van der Waals surface area contributed by atoms with Crippen molar-refractivity contribution in [3.05, 3.63) is 60.0 Å². The molecule has 0 spiro atoms. The van der Waals surface area contributed by atoms with Gasteiger partial charge in [0.15, 0.2) is 0 Å². The van der Waals surface area contributed by atoms with Crippen LogP contribution in [-0.2, 0) is 0 Å². The number of fused-ring (bicyclic) bond motifs is 1. The molecule has 6 nitrogen and oxygen atoms in total. The molecule has 2 aliphatic rings. The summed E-state index contributed by atoms with van der Waals surface area (Å²) >= 11 is 0. The Morgan fingerprint density at radius 3 is 2.40 bits per heavy atom. The van der Waals surface area contributed by atoms with Gasteiger partial charge in [-0.3, -0.25) is 4.79 Å². The number of hydrogen-bond donors (Lipinski definition) is 2. The highest BCUT2D eigenvalue weighted by Gasteiger charge is 2.22. The van der Waals surface area contributed by atoms with E-state index in [1.807, 2.05) is 24.3 Å². The van der Waals surface area contributed by atoms with Gasteiger partial charge in [0.25, 0.3) is 5.91 Å². The largest absolute Gasteiger partial charge is 0.457 e. The van der Waals surface area contributed by atoms with Gasteiger partial charge in [-0.1, -0.05) is 25.0 Å². The van der Waals surface area contributed by atoms with Crippen LogP contribution in [0.5, 0.6) is 11.5 Å². The molecule has 0 saturated carbocycles. The number of rotatable bonds is 7. The van der Waals surface area contributed by atoms with E-state index in [9.17, 15) is 9.18 Å². The average Bonchev–Trinajstić information content (AvgIpc) is 3.14. The van der Waals surface area contributed by atoms with Crippen LogP contribution in [0.3, 0.4) is 0 Å². The molecule has 0 atom stereocenters. The zero-order valence-corrected chi connectivity index (χ0v) is 20.3. The molecule has 2 fully saturated rings. The Morgan fingerprint density at radius 1 is 0.943 bits per heavy atom. The van der Waals surface area contributed by atoms with Gasteiger partial charge in [-0.25, -0.2) is 4.39 Å². The molecule has 2 aliphatic heterocycles. The predicted octanol–water partition coefficient (Wildman–Crippen LogP) is 5.17. The Bertz CT molecular complexity index is 1130. The number of carbonyl (C=O) groups excluding carboxylic acids is 1. The smallest absolute Gasteiger partial charge is 0.267 e. The van der Waals surface area contributed by atoms with Crippen LogP contribution in [0.4, 0.5) is 4.39 Å². The molecule has 1 amide bonds. The maximum absolute atomic E-state index is 13.5. The van der Waals surface area contributed by atoms with Crippen LogP contribution in [0.25, 0.3) is 10.9 Å². The first-order valence-electron chi connectivity index (χ1n) is 12.9. The number of hydrogen-bond acceptors (Lipinski definition) is 4. The second-order valence-corrected chi connectivity index (χ2v) is 9.81. The summed E-state index contributed by atoms with van der Waals surface area (Å²) in [6, 6.07) is 13.6. The molecule has 2 aromatic carbocycles. The van der Waals surface area contributed by atoms with E-state index in [1.165, 1.54) is 50.9 Å². The third-order valence-corrected chi connectivity index (χ3v) is 7.25. The number of ether oxygens (including phenoxy) is 1. The van der Waals surface area contributed by atoms with E-state index in [0.29, 0.717) is 17.2 Å². The van der Waals surface area contributed by atoms with Crippen LogP contribution in [0.15, 0.2) is 48.5 Å². The highest BCUT2D eigenvalue weighted by molar-refractivity contribution is 5.99. The zero-order valence-electron chi connectivity index (χ0n) is 20.3. The zero-order chi connectivity index (χ0) is 24.0. The number of amides is 1. The first-order valence-corrected chi connectivity index (χ1v) is 12.9. The maximum Gasteiger partial charge on any atom is 0.267 e. The summed E-state index contributed by atoms with van der Waals surface area (Å²) in [6.45, 7) is 6.81.